The molecule has 1 saturated heterocycles. The van der Waals surface area contributed by atoms with Crippen LogP contribution in [0.25, 0.3) is 0 Å². The Kier molecular flexibility index (Phi) is 3.02. The zero-order valence-electron chi connectivity index (χ0n) is 8.70. The minimum absolute atomic E-state index is 0.161. The average molecular weight is 204 g/mol. The van der Waals surface area contributed by atoms with Gasteiger partial charge >= 0.3 is 0 Å². The quantitative estimate of drug-likeness (QED) is 0.759. The zero-order chi connectivity index (χ0) is 10.7. The molecule has 0 radical (unpaired) electrons. The SMILES string of the molecule is NCc1ccc([C@@H]2CCNC(=O)C2)cc1. The van der Waals surface area contributed by atoms with Gasteiger partial charge in [0.1, 0.15) is 0 Å². The van der Waals surface area contributed by atoms with Gasteiger partial charge in [0, 0.05) is 19.5 Å². The molecule has 2 rings (SSSR count). The van der Waals surface area contributed by atoms with Crippen LogP contribution in [0.5, 0.6) is 0 Å². The summed E-state index contributed by atoms with van der Waals surface area (Å²) in [6, 6.07) is 8.26. The van der Waals surface area contributed by atoms with Crippen LogP contribution in [0.4, 0.5) is 0 Å². The van der Waals surface area contributed by atoms with Crippen molar-refractivity contribution in [2.24, 2.45) is 5.73 Å². The lowest BCUT2D eigenvalue weighted by Crippen LogP contribution is -2.32. The molecule has 15 heavy (non-hydrogen) atoms. The van der Waals surface area contributed by atoms with Crippen LogP contribution in [0.1, 0.15) is 29.9 Å². The van der Waals surface area contributed by atoms with Crippen molar-refractivity contribution in [2.45, 2.75) is 25.3 Å². The Labute approximate surface area is 89.7 Å². The molecule has 1 fully saturated rings. The first-order valence-corrected chi connectivity index (χ1v) is 5.35. The minimum Gasteiger partial charge on any atom is -0.356 e. The van der Waals surface area contributed by atoms with Gasteiger partial charge in [-0.15, -0.1) is 0 Å². The molecule has 3 heteroatoms. The lowest BCUT2D eigenvalue weighted by Gasteiger charge is -2.22. The molecule has 0 aromatic heterocycles. The molecule has 1 amide bonds. The maximum Gasteiger partial charge on any atom is 0.220 e. The summed E-state index contributed by atoms with van der Waals surface area (Å²) in [6.45, 7) is 1.37. The van der Waals surface area contributed by atoms with Gasteiger partial charge in [-0.2, -0.15) is 0 Å². The first kappa shape index (κ1) is 10.2. The molecular formula is C12H16N2O. The number of nitrogens with two attached hydrogens (primary N) is 1. The maximum atomic E-state index is 11.2. The summed E-state index contributed by atoms with van der Waals surface area (Å²) < 4.78 is 0. The highest BCUT2D eigenvalue weighted by Gasteiger charge is 2.20. The summed E-state index contributed by atoms with van der Waals surface area (Å²) in [5, 5.41) is 2.85. The van der Waals surface area contributed by atoms with Crippen LogP contribution in [0.15, 0.2) is 24.3 Å². The van der Waals surface area contributed by atoms with E-state index < -0.39 is 0 Å². The Morgan fingerprint density at radius 2 is 2.07 bits per heavy atom. The van der Waals surface area contributed by atoms with E-state index in [4.69, 9.17) is 5.73 Å². The van der Waals surface area contributed by atoms with Gasteiger partial charge in [0.25, 0.3) is 0 Å². The highest BCUT2D eigenvalue weighted by molar-refractivity contribution is 5.77. The molecule has 1 aromatic rings. The number of hydrogen-bond acceptors (Lipinski definition) is 2. The second kappa shape index (κ2) is 4.45. The molecule has 0 aliphatic carbocycles. The maximum absolute atomic E-state index is 11.2. The Balaban J connectivity index is 2.11. The number of hydrogen-bond donors (Lipinski definition) is 2. The molecule has 0 spiro atoms. The fourth-order valence-corrected chi connectivity index (χ4v) is 1.99. The normalized spacial score (nSPS) is 21.1. The van der Waals surface area contributed by atoms with Crippen molar-refractivity contribution in [2.75, 3.05) is 6.54 Å². The van der Waals surface area contributed by atoms with Crippen LogP contribution in [-0.4, -0.2) is 12.5 Å². The summed E-state index contributed by atoms with van der Waals surface area (Å²) in [7, 11) is 0. The molecule has 0 saturated carbocycles. The molecule has 3 N–H and O–H groups in total. The summed E-state index contributed by atoms with van der Waals surface area (Å²) in [6.07, 6.45) is 1.65. The lowest BCUT2D eigenvalue weighted by atomic mass is 9.89. The largest absolute Gasteiger partial charge is 0.356 e. The lowest BCUT2D eigenvalue weighted by molar-refractivity contribution is -0.122. The van der Waals surface area contributed by atoms with Gasteiger partial charge < -0.3 is 11.1 Å². The van der Waals surface area contributed by atoms with Crippen LogP contribution < -0.4 is 11.1 Å². The summed E-state index contributed by atoms with van der Waals surface area (Å²) in [4.78, 5) is 11.2. The van der Waals surface area contributed by atoms with Gasteiger partial charge in [-0.05, 0) is 23.5 Å². The number of nitrogens with one attached hydrogen (secondary N) is 1. The Morgan fingerprint density at radius 1 is 1.33 bits per heavy atom. The number of amides is 1. The monoisotopic (exact) mass is 204 g/mol. The molecule has 0 unspecified atom stereocenters. The van der Waals surface area contributed by atoms with Crippen LogP contribution in [0, 0.1) is 0 Å². The van der Waals surface area contributed by atoms with Gasteiger partial charge in [0.15, 0.2) is 0 Å². The van der Waals surface area contributed by atoms with E-state index in [2.05, 4.69) is 17.4 Å². The van der Waals surface area contributed by atoms with Crippen LogP contribution in [0.3, 0.4) is 0 Å². The third-order valence-corrected chi connectivity index (χ3v) is 2.93. The smallest absolute Gasteiger partial charge is 0.220 e. The fraction of sp³-hybridized carbons (Fsp3) is 0.417. The van der Waals surface area contributed by atoms with Crippen molar-refractivity contribution < 1.29 is 4.79 Å². The average Bonchev–Trinajstić information content (AvgIpc) is 2.29. The first-order chi connectivity index (χ1) is 7.29. The molecule has 3 nitrogen and oxygen atoms in total. The van der Waals surface area contributed by atoms with Crippen molar-refractivity contribution in [3.8, 4) is 0 Å². The van der Waals surface area contributed by atoms with E-state index in [1.807, 2.05) is 12.1 Å². The van der Waals surface area contributed by atoms with E-state index in [1.165, 1.54) is 5.56 Å². The van der Waals surface area contributed by atoms with E-state index in [1.54, 1.807) is 0 Å². The second-order valence-electron chi connectivity index (χ2n) is 3.99. The van der Waals surface area contributed by atoms with Crippen molar-refractivity contribution in [3.05, 3.63) is 35.4 Å². The number of rotatable bonds is 2. The van der Waals surface area contributed by atoms with Gasteiger partial charge in [0.05, 0.1) is 0 Å². The minimum atomic E-state index is 0.161. The molecule has 1 aromatic carbocycles. The van der Waals surface area contributed by atoms with Gasteiger partial charge in [-0.3, -0.25) is 4.79 Å². The number of piperidine rings is 1. The highest BCUT2D eigenvalue weighted by atomic mass is 16.1. The van der Waals surface area contributed by atoms with Crippen molar-refractivity contribution in [3.63, 3.8) is 0 Å². The van der Waals surface area contributed by atoms with Crippen LogP contribution in [-0.2, 0) is 11.3 Å². The topological polar surface area (TPSA) is 55.1 Å². The third kappa shape index (κ3) is 2.36. The van der Waals surface area contributed by atoms with Crippen LogP contribution >= 0.6 is 0 Å². The van der Waals surface area contributed by atoms with E-state index >= 15 is 0 Å². The predicted molar refractivity (Wildman–Crippen MR) is 59.3 cm³/mol. The predicted octanol–water partition coefficient (Wildman–Crippen LogP) is 1.14. The third-order valence-electron chi connectivity index (χ3n) is 2.93. The molecular weight excluding hydrogens is 188 g/mol. The van der Waals surface area contributed by atoms with Crippen LogP contribution in [0.2, 0.25) is 0 Å². The number of carbonyl (C=O) groups excluding carboxylic acids is 1. The van der Waals surface area contributed by atoms with Gasteiger partial charge in [-0.25, -0.2) is 0 Å². The molecule has 1 atom stereocenters. The molecule has 80 valence electrons. The van der Waals surface area contributed by atoms with E-state index in [0.717, 1.165) is 18.5 Å². The summed E-state index contributed by atoms with van der Waals surface area (Å²) >= 11 is 0. The van der Waals surface area contributed by atoms with E-state index in [-0.39, 0.29) is 5.91 Å². The number of carbonyl (C=O) groups is 1. The Morgan fingerprint density at radius 3 is 2.67 bits per heavy atom. The standard InChI is InChI=1S/C12H16N2O/c13-8-9-1-3-10(4-2-9)11-5-6-14-12(15)7-11/h1-4,11H,5-8,13H2,(H,14,15)/t11-/m1/s1. The second-order valence-corrected chi connectivity index (χ2v) is 3.99. The Hall–Kier alpha value is -1.35. The zero-order valence-corrected chi connectivity index (χ0v) is 8.70. The Bertz CT molecular complexity index is 345. The molecule has 1 aliphatic rings. The van der Waals surface area contributed by atoms with Crippen molar-refractivity contribution in [1.29, 1.82) is 0 Å². The van der Waals surface area contributed by atoms with Crippen molar-refractivity contribution in [1.82, 2.24) is 5.32 Å². The molecule has 1 aliphatic heterocycles. The fourth-order valence-electron chi connectivity index (χ4n) is 1.99. The van der Waals surface area contributed by atoms with Gasteiger partial charge in [0.2, 0.25) is 5.91 Å². The van der Waals surface area contributed by atoms with Crippen molar-refractivity contribution >= 4 is 5.91 Å². The highest BCUT2D eigenvalue weighted by Crippen LogP contribution is 2.25. The van der Waals surface area contributed by atoms with Gasteiger partial charge in [-0.1, -0.05) is 24.3 Å². The molecule has 1 heterocycles. The molecule has 0 bridgehead atoms. The first-order valence-electron chi connectivity index (χ1n) is 5.35. The van der Waals surface area contributed by atoms with E-state index in [9.17, 15) is 4.79 Å². The summed E-state index contributed by atoms with van der Waals surface area (Å²) in [5.74, 6) is 0.541. The summed E-state index contributed by atoms with van der Waals surface area (Å²) in [5.41, 5.74) is 7.93. The van der Waals surface area contributed by atoms with E-state index in [0.29, 0.717) is 18.9 Å². The number of benzene rings is 1.